The highest BCUT2D eigenvalue weighted by atomic mass is 19.1. The van der Waals surface area contributed by atoms with Crippen LogP contribution >= 0.6 is 0 Å². The lowest BCUT2D eigenvalue weighted by Crippen LogP contribution is -2.06. The minimum atomic E-state index is -0.384. The normalized spacial score (nSPS) is 11.0. The van der Waals surface area contributed by atoms with Crippen molar-refractivity contribution in [2.45, 2.75) is 20.0 Å². The lowest BCUT2D eigenvalue weighted by Gasteiger charge is -2.12. The van der Waals surface area contributed by atoms with Gasteiger partial charge in [-0.15, -0.1) is 0 Å². The highest BCUT2D eigenvalue weighted by Gasteiger charge is 2.14. The van der Waals surface area contributed by atoms with Gasteiger partial charge in [-0.1, -0.05) is 25.1 Å². The minimum absolute atomic E-state index is 0.0307. The molecule has 2 heterocycles. The van der Waals surface area contributed by atoms with Crippen LogP contribution in [0.2, 0.25) is 0 Å². The summed E-state index contributed by atoms with van der Waals surface area (Å²) in [7, 11) is 0. The van der Waals surface area contributed by atoms with Gasteiger partial charge in [0, 0.05) is 17.8 Å². The van der Waals surface area contributed by atoms with E-state index in [2.05, 4.69) is 5.10 Å². The standard InChI is InChI=1S/C27H21FN2O4/c1-2-19-12-23-25(33-17-26(27(23)31)34-22-10-8-20(28)9-11-22)13-24(19)32-16-18-14-29-30(15-18)21-6-4-3-5-7-21/h3-15,17H,2,16H2,1H3. The molecule has 0 aliphatic rings. The van der Waals surface area contributed by atoms with Gasteiger partial charge in [0.15, 0.2) is 0 Å². The van der Waals surface area contributed by atoms with E-state index in [0.29, 0.717) is 35.5 Å². The van der Waals surface area contributed by atoms with Gasteiger partial charge >= 0.3 is 0 Å². The van der Waals surface area contributed by atoms with Gasteiger partial charge in [-0.3, -0.25) is 4.79 Å². The summed E-state index contributed by atoms with van der Waals surface area (Å²) >= 11 is 0. The Morgan fingerprint density at radius 2 is 1.82 bits per heavy atom. The van der Waals surface area contributed by atoms with Crippen LogP contribution < -0.4 is 14.9 Å². The molecule has 0 spiro atoms. The van der Waals surface area contributed by atoms with Gasteiger partial charge in [-0.2, -0.15) is 5.10 Å². The predicted molar refractivity (Wildman–Crippen MR) is 126 cm³/mol. The Bertz CT molecular complexity index is 1490. The molecule has 170 valence electrons. The average molecular weight is 456 g/mol. The third-order valence-electron chi connectivity index (χ3n) is 5.40. The molecule has 0 radical (unpaired) electrons. The molecule has 2 aromatic heterocycles. The number of hydrogen-bond acceptors (Lipinski definition) is 5. The van der Waals surface area contributed by atoms with Gasteiger partial charge in [0.2, 0.25) is 11.2 Å². The first-order valence-electron chi connectivity index (χ1n) is 10.8. The Hall–Kier alpha value is -4.39. The van der Waals surface area contributed by atoms with Gasteiger partial charge in [0.25, 0.3) is 0 Å². The monoisotopic (exact) mass is 456 g/mol. The Morgan fingerprint density at radius 3 is 2.59 bits per heavy atom. The zero-order valence-corrected chi connectivity index (χ0v) is 18.4. The predicted octanol–water partition coefficient (Wildman–Crippen LogP) is 6.05. The highest BCUT2D eigenvalue weighted by molar-refractivity contribution is 5.80. The molecule has 0 aliphatic heterocycles. The second-order valence-electron chi connectivity index (χ2n) is 7.71. The van der Waals surface area contributed by atoms with Crippen molar-refractivity contribution in [1.29, 1.82) is 0 Å². The lowest BCUT2D eigenvalue weighted by atomic mass is 10.1. The number of halogens is 1. The first kappa shape index (κ1) is 21.5. The summed E-state index contributed by atoms with van der Waals surface area (Å²) in [5.41, 5.74) is 2.83. The second-order valence-corrected chi connectivity index (χ2v) is 7.71. The summed E-state index contributed by atoms with van der Waals surface area (Å²) < 4.78 is 32.3. The molecule has 0 saturated carbocycles. The van der Waals surface area contributed by atoms with Crippen LogP contribution in [0.25, 0.3) is 16.7 Å². The van der Waals surface area contributed by atoms with E-state index in [9.17, 15) is 9.18 Å². The minimum Gasteiger partial charge on any atom is -0.488 e. The molecule has 7 heteroatoms. The summed E-state index contributed by atoms with van der Waals surface area (Å²) in [6, 6.07) is 18.7. The largest absolute Gasteiger partial charge is 0.488 e. The lowest BCUT2D eigenvalue weighted by molar-refractivity contribution is 0.303. The quantitative estimate of drug-likeness (QED) is 0.298. The van der Waals surface area contributed by atoms with Crippen molar-refractivity contribution in [3.05, 3.63) is 113 Å². The Labute approximate surface area is 194 Å². The molecule has 0 amide bonds. The molecule has 0 N–H and O–H groups in total. The van der Waals surface area contributed by atoms with E-state index < -0.39 is 0 Å². The number of aromatic nitrogens is 2. The molecule has 0 saturated heterocycles. The van der Waals surface area contributed by atoms with Gasteiger partial charge in [0.05, 0.1) is 17.3 Å². The Balaban J connectivity index is 1.38. The topological polar surface area (TPSA) is 66.5 Å². The highest BCUT2D eigenvalue weighted by Crippen LogP contribution is 2.28. The van der Waals surface area contributed by atoms with Crippen molar-refractivity contribution in [3.63, 3.8) is 0 Å². The van der Waals surface area contributed by atoms with Crippen LogP contribution in [0.15, 0.2) is 94.6 Å². The van der Waals surface area contributed by atoms with E-state index >= 15 is 0 Å². The van der Waals surface area contributed by atoms with Crippen LogP contribution in [0.1, 0.15) is 18.1 Å². The van der Waals surface area contributed by atoms with Crippen molar-refractivity contribution >= 4 is 11.0 Å². The number of hydrogen-bond donors (Lipinski definition) is 0. The van der Waals surface area contributed by atoms with Crippen molar-refractivity contribution in [2.24, 2.45) is 0 Å². The number of para-hydroxylation sites is 1. The van der Waals surface area contributed by atoms with Crippen LogP contribution in [0, 0.1) is 5.82 Å². The zero-order chi connectivity index (χ0) is 23.5. The Kier molecular flexibility index (Phi) is 5.82. The maximum atomic E-state index is 13.1. The number of ether oxygens (including phenoxy) is 2. The molecule has 0 fully saturated rings. The average Bonchev–Trinajstić information content (AvgIpc) is 3.35. The number of benzene rings is 3. The van der Waals surface area contributed by atoms with Crippen molar-refractivity contribution in [2.75, 3.05) is 0 Å². The number of rotatable bonds is 7. The van der Waals surface area contributed by atoms with Crippen LogP contribution in [0.5, 0.6) is 17.2 Å². The summed E-state index contributed by atoms with van der Waals surface area (Å²) in [4.78, 5) is 13.0. The molecule has 3 aromatic carbocycles. The van der Waals surface area contributed by atoms with Gasteiger partial charge in [-0.05, 0) is 54.4 Å². The van der Waals surface area contributed by atoms with E-state index in [-0.39, 0.29) is 17.0 Å². The maximum Gasteiger partial charge on any atom is 0.235 e. The Morgan fingerprint density at radius 1 is 1.03 bits per heavy atom. The summed E-state index contributed by atoms with van der Waals surface area (Å²) in [6.07, 6.45) is 5.60. The molecular weight excluding hydrogens is 435 g/mol. The fourth-order valence-corrected chi connectivity index (χ4v) is 3.61. The van der Waals surface area contributed by atoms with Crippen molar-refractivity contribution in [1.82, 2.24) is 9.78 Å². The molecule has 0 aliphatic carbocycles. The zero-order valence-electron chi connectivity index (χ0n) is 18.4. The second kappa shape index (κ2) is 9.23. The van der Waals surface area contributed by atoms with E-state index in [4.69, 9.17) is 13.9 Å². The van der Waals surface area contributed by atoms with E-state index in [1.54, 1.807) is 23.0 Å². The first-order valence-corrected chi connectivity index (χ1v) is 10.8. The number of nitrogens with zero attached hydrogens (tertiary/aromatic N) is 2. The van der Waals surface area contributed by atoms with Crippen molar-refractivity contribution in [3.8, 4) is 22.9 Å². The van der Waals surface area contributed by atoms with E-state index in [1.807, 2.05) is 43.5 Å². The SMILES string of the molecule is CCc1cc2c(=O)c(Oc3ccc(F)cc3)coc2cc1OCc1cnn(-c2ccccc2)c1. The van der Waals surface area contributed by atoms with Crippen LogP contribution in [-0.2, 0) is 13.0 Å². The van der Waals surface area contributed by atoms with Crippen molar-refractivity contribution < 1.29 is 18.3 Å². The van der Waals surface area contributed by atoms with E-state index in [1.165, 1.54) is 30.5 Å². The fraction of sp³-hybridized carbons (Fsp3) is 0.111. The first-order chi connectivity index (χ1) is 16.6. The summed E-state index contributed by atoms with van der Waals surface area (Å²) in [5, 5.41) is 4.78. The van der Waals surface area contributed by atoms with Crippen LogP contribution in [0.3, 0.4) is 0 Å². The molecule has 0 unspecified atom stereocenters. The molecule has 6 nitrogen and oxygen atoms in total. The van der Waals surface area contributed by atoms with E-state index in [0.717, 1.165) is 16.8 Å². The summed E-state index contributed by atoms with van der Waals surface area (Å²) in [6.45, 7) is 2.31. The van der Waals surface area contributed by atoms with Gasteiger partial charge < -0.3 is 13.9 Å². The molecule has 0 bridgehead atoms. The molecule has 5 rings (SSSR count). The maximum absolute atomic E-state index is 13.1. The molecule has 5 aromatic rings. The third-order valence-corrected chi connectivity index (χ3v) is 5.40. The fourth-order valence-electron chi connectivity index (χ4n) is 3.61. The van der Waals surface area contributed by atoms with Gasteiger partial charge in [0.1, 0.15) is 35.8 Å². The van der Waals surface area contributed by atoms with Crippen LogP contribution in [0.4, 0.5) is 4.39 Å². The third kappa shape index (κ3) is 4.41. The number of fused-ring (bicyclic) bond motifs is 1. The smallest absolute Gasteiger partial charge is 0.235 e. The number of aryl methyl sites for hydroxylation is 1. The van der Waals surface area contributed by atoms with Crippen LogP contribution in [-0.4, -0.2) is 9.78 Å². The molecular formula is C27H21FN2O4. The summed E-state index contributed by atoms with van der Waals surface area (Å²) in [5.74, 6) is 0.631. The van der Waals surface area contributed by atoms with Gasteiger partial charge in [-0.25, -0.2) is 9.07 Å². The molecule has 0 atom stereocenters. The molecule has 34 heavy (non-hydrogen) atoms.